The summed E-state index contributed by atoms with van der Waals surface area (Å²) < 4.78 is 0. The van der Waals surface area contributed by atoms with Crippen LogP contribution in [-0.2, 0) is 22.6 Å². The third-order valence-electron chi connectivity index (χ3n) is 5.07. The fourth-order valence-electron chi connectivity index (χ4n) is 3.09. The van der Waals surface area contributed by atoms with Gasteiger partial charge in [-0.2, -0.15) is 0 Å². The lowest BCUT2D eigenvalue weighted by atomic mass is 10.1. The Kier molecular flexibility index (Phi) is 8.24. The molecule has 28 heavy (non-hydrogen) atoms. The van der Waals surface area contributed by atoms with Crippen molar-refractivity contribution >= 4 is 11.8 Å². The Morgan fingerprint density at radius 1 is 1.00 bits per heavy atom. The summed E-state index contributed by atoms with van der Waals surface area (Å²) in [5.74, 6) is -0.104. The summed E-state index contributed by atoms with van der Waals surface area (Å²) in [5.41, 5.74) is 3.31. The predicted octanol–water partition coefficient (Wildman–Crippen LogP) is 4.26. The number of carbonyl (C=O) groups is 2. The highest BCUT2D eigenvalue weighted by molar-refractivity contribution is 5.87. The van der Waals surface area contributed by atoms with Crippen LogP contribution in [0.25, 0.3) is 0 Å². The Bertz CT molecular complexity index is 773. The van der Waals surface area contributed by atoms with E-state index in [0.29, 0.717) is 19.4 Å². The van der Waals surface area contributed by atoms with E-state index < -0.39 is 6.04 Å². The van der Waals surface area contributed by atoms with E-state index >= 15 is 0 Å². The minimum absolute atomic E-state index is 0.00263. The molecule has 0 bridgehead atoms. The fraction of sp³-hybridized carbons (Fsp3) is 0.417. The maximum absolute atomic E-state index is 13.1. The molecule has 2 atom stereocenters. The van der Waals surface area contributed by atoms with Crippen LogP contribution in [0.3, 0.4) is 0 Å². The summed E-state index contributed by atoms with van der Waals surface area (Å²) in [6.45, 7) is 8.29. The topological polar surface area (TPSA) is 49.4 Å². The number of rotatable bonds is 9. The van der Waals surface area contributed by atoms with Gasteiger partial charge >= 0.3 is 0 Å². The lowest BCUT2D eigenvalue weighted by molar-refractivity contribution is -0.140. The molecule has 4 heteroatoms. The number of hydrogen-bond acceptors (Lipinski definition) is 2. The minimum atomic E-state index is -0.516. The van der Waals surface area contributed by atoms with Crippen LogP contribution >= 0.6 is 0 Å². The van der Waals surface area contributed by atoms with E-state index in [1.165, 1.54) is 0 Å². The van der Waals surface area contributed by atoms with E-state index in [2.05, 4.69) is 11.4 Å². The van der Waals surface area contributed by atoms with E-state index in [9.17, 15) is 9.59 Å². The number of hydrogen-bond donors (Lipinski definition) is 1. The highest BCUT2D eigenvalue weighted by Crippen LogP contribution is 2.14. The zero-order valence-corrected chi connectivity index (χ0v) is 17.4. The summed E-state index contributed by atoms with van der Waals surface area (Å²) in [6, 6.07) is 17.6. The third-order valence-corrected chi connectivity index (χ3v) is 5.07. The van der Waals surface area contributed by atoms with Gasteiger partial charge in [-0.1, -0.05) is 67.1 Å². The Morgan fingerprint density at radius 2 is 1.68 bits per heavy atom. The monoisotopic (exact) mass is 380 g/mol. The SMILES string of the molecule is CCC(C)NC(=O)C(C)N(Cc1cccc(C)c1)C(=O)CCc1ccccc1. The summed E-state index contributed by atoms with van der Waals surface area (Å²) in [7, 11) is 0. The third kappa shape index (κ3) is 6.52. The lowest BCUT2D eigenvalue weighted by Gasteiger charge is -2.30. The van der Waals surface area contributed by atoms with Crippen molar-refractivity contribution in [3.63, 3.8) is 0 Å². The molecule has 1 N–H and O–H groups in total. The van der Waals surface area contributed by atoms with Gasteiger partial charge in [0.25, 0.3) is 0 Å². The molecule has 0 spiro atoms. The molecule has 0 radical (unpaired) electrons. The number of aryl methyl sites for hydroxylation is 2. The highest BCUT2D eigenvalue weighted by atomic mass is 16.2. The average molecular weight is 381 g/mol. The van der Waals surface area contributed by atoms with Gasteiger partial charge in [0.15, 0.2) is 0 Å². The van der Waals surface area contributed by atoms with Crippen LogP contribution in [0.5, 0.6) is 0 Å². The van der Waals surface area contributed by atoms with E-state index in [0.717, 1.165) is 23.1 Å². The normalized spacial score (nSPS) is 12.9. The van der Waals surface area contributed by atoms with E-state index in [1.807, 2.05) is 76.2 Å². The van der Waals surface area contributed by atoms with Crippen molar-refractivity contribution in [2.24, 2.45) is 0 Å². The van der Waals surface area contributed by atoms with Gasteiger partial charge in [-0.3, -0.25) is 9.59 Å². The number of carbonyl (C=O) groups excluding carboxylic acids is 2. The maximum atomic E-state index is 13.1. The first-order valence-electron chi connectivity index (χ1n) is 10.1. The van der Waals surface area contributed by atoms with Gasteiger partial charge in [0.05, 0.1) is 0 Å². The van der Waals surface area contributed by atoms with Crippen molar-refractivity contribution < 1.29 is 9.59 Å². The molecule has 4 nitrogen and oxygen atoms in total. The smallest absolute Gasteiger partial charge is 0.242 e. The first kappa shape index (κ1) is 21.7. The van der Waals surface area contributed by atoms with Gasteiger partial charge < -0.3 is 10.2 Å². The molecule has 0 aliphatic heterocycles. The van der Waals surface area contributed by atoms with Gasteiger partial charge in [-0.25, -0.2) is 0 Å². The molecular weight excluding hydrogens is 348 g/mol. The highest BCUT2D eigenvalue weighted by Gasteiger charge is 2.26. The second-order valence-corrected chi connectivity index (χ2v) is 7.49. The van der Waals surface area contributed by atoms with Gasteiger partial charge in [0, 0.05) is 19.0 Å². The molecule has 0 saturated heterocycles. The fourth-order valence-corrected chi connectivity index (χ4v) is 3.09. The summed E-state index contributed by atoms with van der Waals surface area (Å²) in [5, 5.41) is 3.00. The summed E-state index contributed by atoms with van der Waals surface area (Å²) >= 11 is 0. The van der Waals surface area contributed by atoms with Crippen LogP contribution < -0.4 is 5.32 Å². The van der Waals surface area contributed by atoms with Crippen molar-refractivity contribution in [1.82, 2.24) is 10.2 Å². The number of amides is 2. The van der Waals surface area contributed by atoms with Crippen LogP contribution in [0.4, 0.5) is 0 Å². The van der Waals surface area contributed by atoms with Crippen LogP contribution in [0.15, 0.2) is 54.6 Å². The number of nitrogens with zero attached hydrogens (tertiary/aromatic N) is 1. The van der Waals surface area contributed by atoms with Crippen LogP contribution in [0, 0.1) is 6.92 Å². The minimum Gasteiger partial charge on any atom is -0.352 e. The van der Waals surface area contributed by atoms with Crippen LogP contribution in [0.2, 0.25) is 0 Å². The molecule has 2 amide bonds. The van der Waals surface area contributed by atoms with Gasteiger partial charge in [0.2, 0.25) is 11.8 Å². The van der Waals surface area contributed by atoms with Crippen LogP contribution in [-0.4, -0.2) is 28.8 Å². The lowest BCUT2D eigenvalue weighted by Crippen LogP contribution is -2.49. The number of benzene rings is 2. The van der Waals surface area contributed by atoms with Crippen molar-refractivity contribution in [2.45, 2.75) is 65.6 Å². The quantitative estimate of drug-likeness (QED) is 0.707. The molecule has 0 fully saturated rings. The number of nitrogens with one attached hydrogen (secondary N) is 1. The summed E-state index contributed by atoms with van der Waals surface area (Å²) in [4.78, 5) is 27.4. The molecule has 2 unspecified atom stereocenters. The molecule has 0 aliphatic rings. The molecular formula is C24H32N2O2. The van der Waals surface area contributed by atoms with E-state index in [4.69, 9.17) is 0 Å². The summed E-state index contributed by atoms with van der Waals surface area (Å²) in [6.07, 6.45) is 1.92. The Hall–Kier alpha value is -2.62. The molecule has 0 saturated carbocycles. The maximum Gasteiger partial charge on any atom is 0.242 e. The standard InChI is InChI=1S/C24H32N2O2/c1-5-19(3)25-24(28)20(4)26(17-22-13-9-10-18(2)16-22)23(27)15-14-21-11-7-6-8-12-21/h6-13,16,19-20H,5,14-15,17H2,1-4H3,(H,25,28). The first-order chi connectivity index (χ1) is 13.4. The van der Waals surface area contributed by atoms with Crippen LogP contribution in [0.1, 0.15) is 50.3 Å². The zero-order valence-electron chi connectivity index (χ0n) is 17.4. The molecule has 0 heterocycles. The first-order valence-corrected chi connectivity index (χ1v) is 10.1. The van der Waals surface area contributed by atoms with Gasteiger partial charge in [0.1, 0.15) is 6.04 Å². The van der Waals surface area contributed by atoms with Gasteiger partial charge in [-0.15, -0.1) is 0 Å². The predicted molar refractivity (Wildman–Crippen MR) is 114 cm³/mol. The van der Waals surface area contributed by atoms with Gasteiger partial charge in [-0.05, 0) is 44.7 Å². The molecule has 150 valence electrons. The molecule has 2 aromatic rings. The molecule has 2 aromatic carbocycles. The molecule has 0 aromatic heterocycles. The molecule has 2 rings (SSSR count). The van der Waals surface area contributed by atoms with Crippen molar-refractivity contribution in [1.29, 1.82) is 0 Å². The second kappa shape index (κ2) is 10.6. The van der Waals surface area contributed by atoms with Crippen molar-refractivity contribution in [3.8, 4) is 0 Å². The Balaban J connectivity index is 2.14. The van der Waals surface area contributed by atoms with E-state index in [1.54, 1.807) is 4.90 Å². The van der Waals surface area contributed by atoms with E-state index in [-0.39, 0.29) is 17.9 Å². The molecule has 0 aliphatic carbocycles. The Labute approximate surface area is 169 Å². The largest absolute Gasteiger partial charge is 0.352 e. The van der Waals surface area contributed by atoms with Crippen molar-refractivity contribution in [3.05, 3.63) is 71.3 Å². The average Bonchev–Trinajstić information content (AvgIpc) is 2.70. The van der Waals surface area contributed by atoms with Crippen molar-refractivity contribution in [2.75, 3.05) is 0 Å². The second-order valence-electron chi connectivity index (χ2n) is 7.49. The zero-order chi connectivity index (χ0) is 20.5. The Morgan fingerprint density at radius 3 is 2.32 bits per heavy atom.